The van der Waals surface area contributed by atoms with Gasteiger partial charge in [-0.1, -0.05) is 17.7 Å². The Hall–Kier alpha value is -1.20. The highest BCUT2D eigenvalue weighted by atomic mass is 35.5. The van der Waals surface area contributed by atoms with E-state index in [9.17, 15) is 13.6 Å². The van der Waals surface area contributed by atoms with Crippen LogP contribution in [0.15, 0.2) is 18.2 Å². The molecule has 0 aromatic heterocycles. The lowest BCUT2D eigenvalue weighted by molar-refractivity contribution is -0.149. The largest absolute Gasteiger partial charge is 0.464 e. The van der Waals surface area contributed by atoms with Crippen LogP contribution in [-0.4, -0.2) is 18.7 Å². The van der Waals surface area contributed by atoms with E-state index in [-0.39, 0.29) is 17.2 Å². The number of nitrogens with two attached hydrogens (primary N) is 1. The number of alkyl halides is 1. The van der Waals surface area contributed by atoms with E-state index in [0.29, 0.717) is 0 Å². The fourth-order valence-electron chi connectivity index (χ4n) is 1.26. The minimum atomic E-state index is -2.00. The highest BCUT2D eigenvalue weighted by Gasteiger charge is 2.28. The van der Waals surface area contributed by atoms with Crippen molar-refractivity contribution in [3.63, 3.8) is 0 Å². The summed E-state index contributed by atoms with van der Waals surface area (Å²) in [6, 6.07) is 2.30. The molecule has 0 aliphatic heterocycles. The molecule has 0 aliphatic carbocycles. The van der Waals surface area contributed by atoms with Crippen LogP contribution >= 0.6 is 11.6 Å². The molecule has 0 aliphatic rings. The van der Waals surface area contributed by atoms with Crippen molar-refractivity contribution in [1.82, 2.24) is 0 Å². The van der Waals surface area contributed by atoms with Gasteiger partial charge in [0.1, 0.15) is 5.82 Å². The lowest BCUT2D eigenvalue weighted by Gasteiger charge is -2.16. The zero-order valence-corrected chi connectivity index (χ0v) is 9.88. The van der Waals surface area contributed by atoms with Crippen LogP contribution in [0.4, 0.5) is 8.78 Å². The van der Waals surface area contributed by atoms with Crippen LogP contribution in [0.1, 0.15) is 18.5 Å². The average Bonchev–Trinajstić information content (AvgIpc) is 2.31. The molecule has 1 rings (SSSR count). The molecule has 0 radical (unpaired) electrons. The number of rotatable bonds is 4. The zero-order valence-electron chi connectivity index (χ0n) is 9.12. The molecule has 0 amide bonds. The Morgan fingerprint density at radius 3 is 2.76 bits per heavy atom. The number of carbonyl (C=O) groups is 1. The number of esters is 1. The zero-order chi connectivity index (χ0) is 13.0. The molecule has 1 aromatic rings. The molecule has 0 bridgehead atoms. The molecule has 0 fully saturated rings. The van der Waals surface area contributed by atoms with Crippen LogP contribution in [-0.2, 0) is 9.53 Å². The summed E-state index contributed by atoms with van der Waals surface area (Å²) in [5.74, 6) is -1.67. The van der Waals surface area contributed by atoms with Crippen molar-refractivity contribution in [3.8, 4) is 0 Å². The van der Waals surface area contributed by atoms with Crippen molar-refractivity contribution >= 4 is 17.6 Å². The van der Waals surface area contributed by atoms with E-state index < -0.39 is 24.0 Å². The molecular formula is C11H12ClF2NO2. The van der Waals surface area contributed by atoms with Crippen molar-refractivity contribution in [3.05, 3.63) is 34.6 Å². The number of ether oxygens (including phenoxy) is 1. The molecule has 1 unspecified atom stereocenters. The van der Waals surface area contributed by atoms with E-state index in [1.165, 1.54) is 12.1 Å². The lowest BCUT2D eigenvalue weighted by atomic mass is 10.0. The van der Waals surface area contributed by atoms with Crippen molar-refractivity contribution in [1.29, 1.82) is 0 Å². The van der Waals surface area contributed by atoms with Gasteiger partial charge in [-0.3, -0.25) is 0 Å². The van der Waals surface area contributed by atoms with Gasteiger partial charge in [0.15, 0.2) is 0 Å². The van der Waals surface area contributed by atoms with Gasteiger partial charge in [0, 0.05) is 0 Å². The molecule has 2 atom stereocenters. The maximum atomic E-state index is 13.6. The fraction of sp³-hybridized carbons (Fsp3) is 0.364. The Bertz CT molecular complexity index is 414. The van der Waals surface area contributed by atoms with E-state index in [4.69, 9.17) is 17.3 Å². The maximum absolute atomic E-state index is 13.6. The van der Waals surface area contributed by atoms with Gasteiger partial charge in [-0.2, -0.15) is 0 Å². The van der Waals surface area contributed by atoms with Gasteiger partial charge < -0.3 is 10.5 Å². The van der Waals surface area contributed by atoms with Gasteiger partial charge in [0.05, 0.1) is 17.7 Å². The van der Waals surface area contributed by atoms with Crippen LogP contribution in [0.25, 0.3) is 0 Å². The number of hydrogen-bond acceptors (Lipinski definition) is 3. The highest BCUT2D eigenvalue weighted by Crippen LogP contribution is 2.23. The van der Waals surface area contributed by atoms with Gasteiger partial charge >= 0.3 is 5.97 Å². The number of halogens is 3. The standard InChI is InChI=1S/C11H12ClF2NO2/c1-2-17-11(16)9(14)10(15)6-3-4-8(13)7(12)5-6/h3-5,9-10H,2,15H2,1H3/t9?,10-/m1/s1. The number of carbonyl (C=O) groups excluding carboxylic acids is 1. The number of hydrogen-bond donors (Lipinski definition) is 1. The second-order valence-electron chi connectivity index (χ2n) is 3.35. The Balaban J connectivity index is 2.84. The second-order valence-corrected chi connectivity index (χ2v) is 3.76. The van der Waals surface area contributed by atoms with Crippen LogP contribution in [0.3, 0.4) is 0 Å². The van der Waals surface area contributed by atoms with Crippen molar-refractivity contribution in [2.75, 3.05) is 6.61 Å². The molecule has 3 nitrogen and oxygen atoms in total. The molecule has 1 aromatic carbocycles. The SMILES string of the molecule is CCOC(=O)C(F)[C@H](N)c1ccc(F)c(Cl)c1. The van der Waals surface area contributed by atoms with E-state index in [2.05, 4.69) is 4.74 Å². The summed E-state index contributed by atoms with van der Waals surface area (Å²) >= 11 is 5.53. The fourth-order valence-corrected chi connectivity index (χ4v) is 1.45. The first-order valence-electron chi connectivity index (χ1n) is 4.98. The van der Waals surface area contributed by atoms with Gasteiger partial charge in [-0.25, -0.2) is 13.6 Å². The normalized spacial score (nSPS) is 14.2. The van der Waals surface area contributed by atoms with Gasteiger partial charge in [-0.15, -0.1) is 0 Å². The van der Waals surface area contributed by atoms with Crippen molar-refractivity contribution in [2.45, 2.75) is 19.1 Å². The maximum Gasteiger partial charge on any atom is 0.342 e. The second kappa shape index (κ2) is 5.93. The predicted molar refractivity (Wildman–Crippen MR) is 59.9 cm³/mol. The van der Waals surface area contributed by atoms with Crippen LogP contribution in [0.5, 0.6) is 0 Å². The van der Waals surface area contributed by atoms with Crippen molar-refractivity contribution in [2.24, 2.45) is 5.73 Å². The van der Waals surface area contributed by atoms with Crippen LogP contribution < -0.4 is 5.73 Å². The van der Waals surface area contributed by atoms with Crippen LogP contribution in [0, 0.1) is 5.82 Å². The van der Waals surface area contributed by atoms with E-state index in [1.807, 2.05) is 0 Å². The first-order chi connectivity index (χ1) is 7.97. The Labute approximate surface area is 103 Å². The predicted octanol–water partition coefficient (Wildman–Crippen LogP) is 2.38. The third-order valence-corrected chi connectivity index (χ3v) is 2.45. The molecule has 0 saturated heterocycles. The quantitative estimate of drug-likeness (QED) is 0.849. The van der Waals surface area contributed by atoms with Gasteiger partial charge in [0.25, 0.3) is 0 Å². The number of benzene rings is 1. The molecular weight excluding hydrogens is 252 g/mol. The Morgan fingerprint density at radius 2 is 2.24 bits per heavy atom. The molecule has 17 heavy (non-hydrogen) atoms. The van der Waals surface area contributed by atoms with Gasteiger partial charge in [-0.05, 0) is 24.6 Å². The minimum Gasteiger partial charge on any atom is -0.464 e. The monoisotopic (exact) mass is 263 g/mol. The summed E-state index contributed by atoms with van der Waals surface area (Å²) in [5, 5.41) is -0.172. The Morgan fingerprint density at radius 1 is 1.59 bits per heavy atom. The average molecular weight is 264 g/mol. The molecule has 0 saturated carbocycles. The van der Waals surface area contributed by atoms with Gasteiger partial charge in [0.2, 0.25) is 6.17 Å². The topological polar surface area (TPSA) is 52.3 Å². The third-order valence-electron chi connectivity index (χ3n) is 2.16. The molecule has 0 heterocycles. The van der Waals surface area contributed by atoms with E-state index in [1.54, 1.807) is 6.92 Å². The van der Waals surface area contributed by atoms with Crippen molar-refractivity contribution < 1.29 is 18.3 Å². The van der Waals surface area contributed by atoms with Crippen LogP contribution in [0.2, 0.25) is 5.02 Å². The van der Waals surface area contributed by atoms with E-state index >= 15 is 0 Å². The minimum absolute atomic E-state index is 0.0656. The highest BCUT2D eigenvalue weighted by molar-refractivity contribution is 6.30. The molecule has 6 heteroatoms. The molecule has 2 N–H and O–H groups in total. The first kappa shape index (κ1) is 13.9. The molecule has 0 spiro atoms. The summed E-state index contributed by atoms with van der Waals surface area (Å²) in [5.41, 5.74) is 5.77. The summed E-state index contributed by atoms with van der Waals surface area (Å²) in [4.78, 5) is 11.1. The summed E-state index contributed by atoms with van der Waals surface area (Å²) < 4.78 is 30.9. The first-order valence-corrected chi connectivity index (χ1v) is 5.36. The summed E-state index contributed by atoms with van der Waals surface area (Å²) in [7, 11) is 0. The lowest BCUT2D eigenvalue weighted by Crippen LogP contribution is -2.31. The summed E-state index contributed by atoms with van der Waals surface area (Å²) in [6.45, 7) is 1.63. The summed E-state index contributed by atoms with van der Waals surface area (Å²) in [6.07, 6.45) is -2.00. The smallest absolute Gasteiger partial charge is 0.342 e. The Kier molecular flexibility index (Phi) is 4.84. The third kappa shape index (κ3) is 3.38. The molecule has 94 valence electrons. The van der Waals surface area contributed by atoms with E-state index in [0.717, 1.165) is 6.07 Å².